The molecule has 0 aliphatic heterocycles. The van der Waals surface area contributed by atoms with Crippen molar-refractivity contribution >= 4 is 17.5 Å². The van der Waals surface area contributed by atoms with Crippen LogP contribution in [0.3, 0.4) is 0 Å². The molecule has 0 aromatic heterocycles. The van der Waals surface area contributed by atoms with E-state index < -0.39 is 12.1 Å². The Morgan fingerprint density at radius 2 is 2.00 bits per heavy atom. The third kappa shape index (κ3) is 3.00. The number of aliphatic hydroxyl groups is 1. The second-order valence-electron chi connectivity index (χ2n) is 8.98. The number of hydrogen-bond acceptors (Lipinski definition) is 5. The van der Waals surface area contributed by atoms with Crippen LogP contribution in [0.1, 0.15) is 46.0 Å². The number of Topliss-reactive ketones (excluding diaryl/α,β-unsaturated/α-hetero) is 1. The zero-order valence-corrected chi connectivity index (χ0v) is 16.0. The first kappa shape index (κ1) is 18.6. The van der Waals surface area contributed by atoms with Gasteiger partial charge in [0.1, 0.15) is 6.61 Å². The molecule has 0 heterocycles. The Morgan fingerprint density at radius 3 is 2.74 bits per heavy atom. The molecule has 0 spiro atoms. The van der Waals surface area contributed by atoms with Crippen LogP contribution < -0.4 is 0 Å². The number of carbonyl (C=O) groups is 3. The first-order valence-corrected chi connectivity index (χ1v) is 10.1. The summed E-state index contributed by atoms with van der Waals surface area (Å²) in [5.41, 5.74) is 0.885. The van der Waals surface area contributed by atoms with Crippen molar-refractivity contribution < 1.29 is 24.2 Å². The maximum Gasteiger partial charge on any atom is 0.303 e. The number of hydrogen-bond donors (Lipinski definition) is 1. The monoisotopic (exact) mass is 372 g/mol. The minimum Gasteiger partial charge on any atom is -0.458 e. The van der Waals surface area contributed by atoms with Crippen LogP contribution in [0.4, 0.5) is 0 Å². The third-order valence-electron chi connectivity index (χ3n) is 7.69. The quantitative estimate of drug-likeness (QED) is 0.770. The Hall–Kier alpha value is -1.75. The number of esters is 1. The maximum atomic E-state index is 12.6. The smallest absolute Gasteiger partial charge is 0.303 e. The molecule has 0 bridgehead atoms. The van der Waals surface area contributed by atoms with E-state index >= 15 is 0 Å². The minimum absolute atomic E-state index is 0.00545. The Kier molecular flexibility index (Phi) is 4.61. The standard InChI is InChI=1S/C22H28O5/c1-12(23)27-11-20(26)16-6-5-15-17-4-3-13-9-14(24)7-8-22(13,2)21(17)19(25)10-18(15)16/h7-9,15-19,21,25H,3-6,10-11H2,1-2H3/t15?,16-,17?,18+,19?,21?,22?/m0/s1. The number of ketones is 2. The highest BCUT2D eigenvalue weighted by Gasteiger charge is 2.57. The van der Waals surface area contributed by atoms with Crippen molar-refractivity contribution in [1.82, 2.24) is 0 Å². The van der Waals surface area contributed by atoms with Gasteiger partial charge in [0, 0.05) is 24.2 Å². The summed E-state index contributed by atoms with van der Waals surface area (Å²) in [5, 5.41) is 11.1. The molecule has 7 atom stereocenters. The Balaban J connectivity index is 1.56. The fraction of sp³-hybridized carbons (Fsp3) is 0.682. The molecule has 4 rings (SSSR count). The lowest BCUT2D eigenvalue weighted by atomic mass is 9.50. The van der Waals surface area contributed by atoms with E-state index in [1.165, 1.54) is 6.92 Å². The predicted octanol–water partition coefficient (Wildman–Crippen LogP) is 2.62. The number of allylic oxidation sites excluding steroid dienone is 4. The third-order valence-corrected chi connectivity index (χ3v) is 7.69. The van der Waals surface area contributed by atoms with Crippen molar-refractivity contribution in [2.24, 2.45) is 35.0 Å². The lowest BCUT2D eigenvalue weighted by Gasteiger charge is -2.55. The van der Waals surface area contributed by atoms with Gasteiger partial charge in [-0.1, -0.05) is 18.6 Å². The SMILES string of the molecule is CC(=O)OCC(=O)[C@H]1CCC2C3CCC4=CC(=O)C=CC4(C)C3C(O)C[C@H]21. The molecule has 3 fully saturated rings. The lowest BCUT2D eigenvalue weighted by molar-refractivity contribution is -0.148. The van der Waals surface area contributed by atoms with Gasteiger partial charge >= 0.3 is 5.97 Å². The van der Waals surface area contributed by atoms with E-state index in [0.29, 0.717) is 18.3 Å². The van der Waals surface area contributed by atoms with Crippen molar-refractivity contribution in [2.45, 2.75) is 52.1 Å². The summed E-state index contributed by atoms with van der Waals surface area (Å²) in [6.45, 7) is 3.32. The second kappa shape index (κ2) is 6.69. The van der Waals surface area contributed by atoms with Crippen LogP contribution in [0.15, 0.2) is 23.8 Å². The summed E-state index contributed by atoms with van der Waals surface area (Å²) < 4.78 is 4.93. The topological polar surface area (TPSA) is 80.7 Å². The summed E-state index contributed by atoms with van der Waals surface area (Å²) in [5.74, 6) is 0.561. The molecule has 0 saturated heterocycles. The molecule has 146 valence electrons. The maximum absolute atomic E-state index is 12.6. The van der Waals surface area contributed by atoms with E-state index in [-0.39, 0.29) is 41.3 Å². The van der Waals surface area contributed by atoms with E-state index in [1.807, 2.05) is 6.08 Å². The first-order valence-electron chi connectivity index (χ1n) is 10.1. The van der Waals surface area contributed by atoms with Gasteiger partial charge in [0.05, 0.1) is 6.10 Å². The largest absolute Gasteiger partial charge is 0.458 e. The summed E-state index contributed by atoms with van der Waals surface area (Å²) >= 11 is 0. The number of carbonyl (C=O) groups excluding carboxylic acids is 3. The summed E-state index contributed by atoms with van der Waals surface area (Å²) in [6.07, 6.45) is 9.21. The molecular weight excluding hydrogens is 344 g/mol. The molecule has 5 unspecified atom stereocenters. The summed E-state index contributed by atoms with van der Waals surface area (Å²) in [7, 11) is 0. The van der Waals surface area contributed by atoms with Crippen LogP contribution in [0, 0.1) is 35.0 Å². The molecule has 1 N–H and O–H groups in total. The van der Waals surface area contributed by atoms with Crippen molar-refractivity contribution in [3.8, 4) is 0 Å². The molecule has 0 amide bonds. The van der Waals surface area contributed by atoms with E-state index in [4.69, 9.17) is 4.74 Å². The van der Waals surface area contributed by atoms with Gasteiger partial charge in [-0.05, 0) is 62.0 Å². The van der Waals surface area contributed by atoms with E-state index in [2.05, 4.69) is 6.92 Å². The van der Waals surface area contributed by atoms with Crippen LogP contribution in [0.5, 0.6) is 0 Å². The van der Waals surface area contributed by atoms with Crippen LogP contribution >= 0.6 is 0 Å². The molecule has 0 radical (unpaired) electrons. The van der Waals surface area contributed by atoms with Gasteiger partial charge in [-0.3, -0.25) is 14.4 Å². The average molecular weight is 372 g/mol. The lowest BCUT2D eigenvalue weighted by Crippen LogP contribution is -2.53. The van der Waals surface area contributed by atoms with Crippen molar-refractivity contribution in [1.29, 1.82) is 0 Å². The summed E-state index contributed by atoms with van der Waals surface area (Å²) in [4.78, 5) is 35.4. The van der Waals surface area contributed by atoms with Crippen molar-refractivity contribution in [3.63, 3.8) is 0 Å². The predicted molar refractivity (Wildman–Crippen MR) is 98.5 cm³/mol. The first-order chi connectivity index (χ1) is 12.8. The van der Waals surface area contributed by atoms with Crippen LogP contribution in [-0.2, 0) is 19.1 Å². The average Bonchev–Trinajstić information content (AvgIpc) is 3.03. The number of aliphatic hydroxyl groups excluding tert-OH is 1. The van der Waals surface area contributed by atoms with Gasteiger partial charge < -0.3 is 9.84 Å². The fourth-order valence-electron chi connectivity index (χ4n) is 6.59. The number of fused-ring (bicyclic) bond motifs is 5. The molecule has 4 aliphatic carbocycles. The molecule has 27 heavy (non-hydrogen) atoms. The molecule has 4 aliphatic rings. The number of rotatable bonds is 3. The molecule has 5 nitrogen and oxygen atoms in total. The van der Waals surface area contributed by atoms with Gasteiger partial charge in [-0.25, -0.2) is 0 Å². The summed E-state index contributed by atoms with van der Waals surface area (Å²) in [6, 6.07) is 0. The second-order valence-corrected chi connectivity index (χ2v) is 8.98. The number of ether oxygens (including phenoxy) is 1. The highest BCUT2D eigenvalue weighted by molar-refractivity contribution is 6.01. The zero-order chi connectivity index (χ0) is 19.3. The highest BCUT2D eigenvalue weighted by Crippen LogP contribution is 2.61. The Morgan fingerprint density at radius 1 is 1.22 bits per heavy atom. The van der Waals surface area contributed by atoms with Crippen LogP contribution in [0.2, 0.25) is 0 Å². The van der Waals surface area contributed by atoms with Gasteiger partial charge in [0.2, 0.25) is 0 Å². The van der Waals surface area contributed by atoms with Crippen molar-refractivity contribution in [2.75, 3.05) is 6.61 Å². The van der Waals surface area contributed by atoms with Gasteiger partial charge in [-0.15, -0.1) is 0 Å². The van der Waals surface area contributed by atoms with E-state index in [1.54, 1.807) is 12.2 Å². The molecule has 5 heteroatoms. The minimum atomic E-state index is -0.482. The van der Waals surface area contributed by atoms with E-state index in [9.17, 15) is 19.5 Å². The molecule has 0 aromatic carbocycles. The molecular formula is C22H28O5. The van der Waals surface area contributed by atoms with Gasteiger partial charge in [-0.2, -0.15) is 0 Å². The van der Waals surface area contributed by atoms with Crippen LogP contribution in [0.25, 0.3) is 0 Å². The Labute approximate surface area is 159 Å². The van der Waals surface area contributed by atoms with Crippen LogP contribution in [-0.4, -0.2) is 35.4 Å². The zero-order valence-electron chi connectivity index (χ0n) is 16.0. The van der Waals surface area contributed by atoms with Gasteiger partial charge in [0.25, 0.3) is 0 Å². The Bertz CT molecular complexity index is 735. The normalized spacial score (nSPS) is 42.6. The highest BCUT2D eigenvalue weighted by atomic mass is 16.5. The fourth-order valence-corrected chi connectivity index (χ4v) is 6.59. The van der Waals surface area contributed by atoms with E-state index in [0.717, 1.165) is 31.3 Å². The van der Waals surface area contributed by atoms with Crippen molar-refractivity contribution in [3.05, 3.63) is 23.8 Å². The molecule has 0 aromatic rings. The van der Waals surface area contributed by atoms with Gasteiger partial charge in [0.15, 0.2) is 11.6 Å². The molecule has 3 saturated carbocycles.